The van der Waals surface area contributed by atoms with Gasteiger partial charge in [0.25, 0.3) is 0 Å². The standard InChI is InChI=1S/C18H30N2O/c1-13(2)19-11-17-6-7-18(21-17)12-20(5)16-9-14(3)8-15(4)10-16/h8-10,13,17-19H,6-7,11-12H2,1-5H3. The smallest absolute Gasteiger partial charge is 0.0755 e. The average molecular weight is 290 g/mol. The molecule has 2 atom stereocenters. The van der Waals surface area contributed by atoms with Crippen molar-refractivity contribution in [3.05, 3.63) is 29.3 Å². The van der Waals surface area contributed by atoms with Crippen molar-refractivity contribution < 1.29 is 4.74 Å². The first-order valence-corrected chi connectivity index (χ1v) is 8.12. The topological polar surface area (TPSA) is 24.5 Å². The second-order valence-electron chi connectivity index (χ2n) is 6.75. The van der Waals surface area contributed by atoms with Crippen LogP contribution >= 0.6 is 0 Å². The molecular formula is C18H30N2O. The number of likely N-dealkylation sites (N-methyl/N-ethyl adjacent to an activating group) is 1. The van der Waals surface area contributed by atoms with Gasteiger partial charge in [-0.25, -0.2) is 0 Å². The first-order chi connectivity index (χ1) is 9.94. The highest BCUT2D eigenvalue weighted by Gasteiger charge is 2.26. The molecule has 0 amide bonds. The van der Waals surface area contributed by atoms with E-state index in [-0.39, 0.29) is 0 Å². The molecule has 2 rings (SSSR count). The number of nitrogens with one attached hydrogen (secondary N) is 1. The molecule has 0 spiro atoms. The first kappa shape index (κ1) is 16.3. The summed E-state index contributed by atoms with van der Waals surface area (Å²) in [5, 5.41) is 3.47. The molecule has 1 aromatic rings. The zero-order valence-electron chi connectivity index (χ0n) is 14.1. The van der Waals surface area contributed by atoms with Crippen LogP contribution < -0.4 is 10.2 Å². The summed E-state index contributed by atoms with van der Waals surface area (Å²) in [5.41, 5.74) is 3.94. The molecule has 21 heavy (non-hydrogen) atoms. The second-order valence-corrected chi connectivity index (χ2v) is 6.75. The second kappa shape index (κ2) is 7.28. The molecule has 1 aliphatic rings. The number of nitrogens with zero attached hydrogens (tertiary/aromatic N) is 1. The predicted octanol–water partition coefficient (Wildman–Crippen LogP) is 3.29. The third kappa shape index (κ3) is 5.01. The number of rotatable bonds is 6. The highest BCUT2D eigenvalue weighted by atomic mass is 16.5. The number of hydrogen-bond donors (Lipinski definition) is 1. The van der Waals surface area contributed by atoms with E-state index in [1.165, 1.54) is 29.7 Å². The van der Waals surface area contributed by atoms with Crippen LogP contribution in [-0.2, 0) is 4.74 Å². The Morgan fingerprint density at radius 2 is 1.76 bits per heavy atom. The molecule has 118 valence electrons. The van der Waals surface area contributed by atoms with Crippen molar-refractivity contribution in [3.63, 3.8) is 0 Å². The number of benzene rings is 1. The minimum atomic E-state index is 0.356. The lowest BCUT2D eigenvalue weighted by Crippen LogP contribution is -2.34. The zero-order chi connectivity index (χ0) is 15.4. The summed E-state index contributed by atoms with van der Waals surface area (Å²) in [6.45, 7) is 10.6. The maximum absolute atomic E-state index is 6.16. The van der Waals surface area contributed by atoms with E-state index in [1.807, 2.05) is 0 Å². The molecule has 0 aliphatic carbocycles. The Kier molecular flexibility index (Phi) is 5.65. The number of ether oxygens (including phenoxy) is 1. The lowest BCUT2D eigenvalue weighted by molar-refractivity contribution is 0.0489. The maximum Gasteiger partial charge on any atom is 0.0755 e. The molecule has 0 aromatic heterocycles. The monoisotopic (exact) mass is 290 g/mol. The van der Waals surface area contributed by atoms with Crippen molar-refractivity contribution in [1.29, 1.82) is 0 Å². The molecule has 2 unspecified atom stereocenters. The summed E-state index contributed by atoms with van der Waals surface area (Å²) in [4.78, 5) is 2.32. The number of anilines is 1. The van der Waals surface area contributed by atoms with E-state index in [4.69, 9.17) is 4.74 Å². The summed E-state index contributed by atoms with van der Waals surface area (Å²) in [6.07, 6.45) is 3.07. The fourth-order valence-corrected chi connectivity index (χ4v) is 3.01. The summed E-state index contributed by atoms with van der Waals surface area (Å²) < 4.78 is 6.16. The van der Waals surface area contributed by atoms with Crippen molar-refractivity contribution in [2.24, 2.45) is 0 Å². The summed E-state index contributed by atoms with van der Waals surface area (Å²) in [5.74, 6) is 0. The van der Waals surface area contributed by atoms with Crippen LogP contribution in [0.5, 0.6) is 0 Å². The van der Waals surface area contributed by atoms with Gasteiger partial charge in [0.1, 0.15) is 0 Å². The first-order valence-electron chi connectivity index (χ1n) is 8.12. The van der Waals surface area contributed by atoms with Gasteiger partial charge in [-0.05, 0) is 49.9 Å². The van der Waals surface area contributed by atoms with Crippen LogP contribution in [0.2, 0.25) is 0 Å². The van der Waals surface area contributed by atoms with Gasteiger partial charge < -0.3 is 15.0 Å². The van der Waals surface area contributed by atoms with Crippen molar-refractivity contribution >= 4 is 5.69 Å². The van der Waals surface area contributed by atoms with Crippen molar-refractivity contribution in [1.82, 2.24) is 5.32 Å². The van der Waals surface area contributed by atoms with E-state index < -0.39 is 0 Å². The van der Waals surface area contributed by atoms with Crippen molar-refractivity contribution in [2.75, 3.05) is 25.0 Å². The summed E-state index contributed by atoms with van der Waals surface area (Å²) in [6, 6.07) is 7.25. The summed E-state index contributed by atoms with van der Waals surface area (Å²) in [7, 11) is 2.16. The van der Waals surface area contributed by atoms with E-state index >= 15 is 0 Å². The molecule has 3 nitrogen and oxygen atoms in total. The zero-order valence-corrected chi connectivity index (χ0v) is 14.1. The molecule has 1 aromatic carbocycles. The van der Waals surface area contributed by atoms with Crippen LogP contribution in [0.1, 0.15) is 37.8 Å². The van der Waals surface area contributed by atoms with Crippen LogP contribution in [0.3, 0.4) is 0 Å². The van der Waals surface area contributed by atoms with Gasteiger partial charge in [0.15, 0.2) is 0 Å². The SMILES string of the molecule is Cc1cc(C)cc(N(C)CC2CCC(CNC(C)C)O2)c1. The van der Waals surface area contributed by atoms with Crippen LogP contribution in [-0.4, -0.2) is 38.4 Å². The molecule has 1 saturated heterocycles. The van der Waals surface area contributed by atoms with Gasteiger partial charge in [-0.1, -0.05) is 19.9 Å². The average Bonchev–Trinajstić information content (AvgIpc) is 2.83. The highest BCUT2D eigenvalue weighted by Crippen LogP contribution is 2.23. The third-order valence-corrected chi connectivity index (χ3v) is 4.07. The van der Waals surface area contributed by atoms with Crippen molar-refractivity contribution in [3.8, 4) is 0 Å². The van der Waals surface area contributed by atoms with Gasteiger partial charge in [-0.2, -0.15) is 0 Å². The Morgan fingerprint density at radius 1 is 1.14 bits per heavy atom. The van der Waals surface area contributed by atoms with Crippen LogP contribution in [0.15, 0.2) is 18.2 Å². The van der Waals surface area contributed by atoms with Gasteiger partial charge in [0, 0.05) is 31.9 Å². The molecule has 0 saturated carbocycles. The fraction of sp³-hybridized carbons (Fsp3) is 0.667. The minimum absolute atomic E-state index is 0.356. The molecule has 1 fully saturated rings. The molecule has 1 aliphatic heterocycles. The normalized spacial score (nSPS) is 22.0. The number of hydrogen-bond acceptors (Lipinski definition) is 3. The Morgan fingerprint density at radius 3 is 2.38 bits per heavy atom. The molecule has 0 bridgehead atoms. The van der Waals surface area contributed by atoms with Gasteiger partial charge in [-0.3, -0.25) is 0 Å². The minimum Gasteiger partial charge on any atom is -0.372 e. The van der Waals surface area contributed by atoms with Crippen LogP contribution in [0.25, 0.3) is 0 Å². The lowest BCUT2D eigenvalue weighted by atomic mass is 10.1. The Balaban J connectivity index is 1.84. The van der Waals surface area contributed by atoms with Crippen LogP contribution in [0.4, 0.5) is 5.69 Å². The van der Waals surface area contributed by atoms with Crippen molar-refractivity contribution in [2.45, 2.75) is 58.8 Å². The van der Waals surface area contributed by atoms with Gasteiger partial charge in [0.05, 0.1) is 12.2 Å². The van der Waals surface area contributed by atoms with E-state index in [1.54, 1.807) is 0 Å². The largest absolute Gasteiger partial charge is 0.372 e. The van der Waals surface area contributed by atoms with Gasteiger partial charge >= 0.3 is 0 Å². The fourth-order valence-electron chi connectivity index (χ4n) is 3.01. The molecular weight excluding hydrogens is 260 g/mol. The molecule has 3 heteroatoms. The van der Waals surface area contributed by atoms with E-state index in [0.29, 0.717) is 18.2 Å². The van der Waals surface area contributed by atoms with E-state index in [0.717, 1.165) is 13.1 Å². The number of aryl methyl sites for hydroxylation is 2. The quantitative estimate of drug-likeness (QED) is 0.870. The lowest BCUT2D eigenvalue weighted by Gasteiger charge is -2.24. The van der Waals surface area contributed by atoms with Gasteiger partial charge in [-0.15, -0.1) is 0 Å². The molecule has 0 radical (unpaired) electrons. The van der Waals surface area contributed by atoms with E-state index in [2.05, 4.69) is 63.2 Å². The Labute approximate surface area is 129 Å². The molecule has 1 heterocycles. The molecule has 1 N–H and O–H groups in total. The van der Waals surface area contributed by atoms with Gasteiger partial charge in [0.2, 0.25) is 0 Å². The third-order valence-electron chi connectivity index (χ3n) is 4.07. The summed E-state index contributed by atoms with van der Waals surface area (Å²) >= 11 is 0. The maximum atomic E-state index is 6.16. The highest BCUT2D eigenvalue weighted by molar-refractivity contribution is 5.50. The predicted molar refractivity (Wildman–Crippen MR) is 90.2 cm³/mol. The Bertz CT molecular complexity index is 438. The van der Waals surface area contributed by atoms with E-state index in [9.17, 15) is 0 Å². The van der Waals surface area contributed by atoms with Crippen LogP contribution in [0, 0.1) is 13.8 Å². The Hall–Kier alpha value is -1.06.